The van der Waals surface area contributed by atoms with Crippen molar-refractivity contribution in [2.24, 2.45) is 7.05 Å². The Bertz CT molecular complexity index is 2060. The van der Waals surface area contributed by atoms with E-state index in [1.807, 2.05) is 61.7 Å². The summed E-state index contributed by atoms with van der Waals surface area (Å²) in [6.45, 7) is 4.22. The second-order valence-electron chi connectivity index (χ2n) is 12.1. The van der Waals surface area contributed by atoms with Gasteiger partial charge in [0.2, 0.25) is 11.8 Å². The number of hydrogen-bond acceptors (Lipinski definition) is 8. The van der Waals surface area contributed by atoms with Gasteiger partial charge in [-0.3, -0.25) is 14.2 Å². The summed E-state index contributed by atoms with van der Waals surface area (Å²) in [5, 5.41) is 15.3. The van der Waals surface area contributed by atoms with Gasteiger partial charge in [0.15, 0.2) is 0 Å². The summed E-state index contributed by atoms with van der Waals surface area (Å²) in [6.07, 6.45) is 3.25. The standard InChI is InChI=1S/C36H39Cl2N7O4/c1-21(48-3)16-39-19-31-43-45-20-23(15-30(45)36(47)44(31)2)25-7-5-8-26(33(25)37)27-9-6-10-28(34(27)38)29-13-11-22(35(42-29)49-4)17-40-18-24-12-14-32(46)41-24/h5-11,13,15,20-21,24,39-40H,12,14,16-19H2,1-4H3,(H,41,46). The van der Waals surface area contributed by atoms with Crippen molar-refractivity contribution in [1.29, 1.82) is 0 Å². The SMILES string of the molecule is COc1nc(-c2cccc(-c3cccc(-c4cc5c(=O)n(C)c(CNCC(C)OC)nn5c4)c3Cl)c2Cl)ccc1CNCC1CCC(=O)N1. The van der Waals surface area contributed by atoms with Crippen molar-refractivity contribution in [1.82, 2.24) is 35.1 Å². The van der Waals surface area contributed by atoms with Crippen LogP contribution in [0.1, 0.15) is 31.2 Å². The molecule has 13 heteroatoms. The zero-order chi connectivity index (χ0) is 34.7. The van der Waals surface area contributed by atoms with Crippen LogP contribution in [0, 0.1) is 0 Å². The van der Waals surface area contributed by atoms with E-state index in [4.69, 9.17) is 42.8 Å². The number of fused-ring (bicyclic) bond motifs is 1. The fraction of sp³-hybridized carbons (Fsp3) is 0.333. The number of ether oxygens (including phenoxy) is 2. The lowest BCUT2D eigenvalue weighted by Gasteiger charge is -2.15. The van der Waals surface area contributed by atoms with E-state index in [1.165, 1.54) is 0 Å². The Morgan fingerprint density at radius 3 is 2.39 bits per heavy atom. The number of pyridine rings is 1. The molecule has 0 radical (unpaired) electrons. The van der Waals surface area contributed by atoms with Gasteiger partial charge in [-0.2, -0.15) is 5.10 Å². The van der Waals surface area contributed by atoms with Gasteiger partial charge in [0.05, 0.1) is 35.5 Å². The fourth-order valence-electron chi connectivity index (χ4n) is 5.99. The molecule has 0 saturated carbocycles. The minimum atomic E-state index is -0.159. The normalized spacial score (nSPS) is 15.1. The summed E-state index contributed by atoms with van der Waals surface area (Å²) >= 11 is 14.2. The minimum absolute atomic E-state index is 0.0363. The molecule has 3 aromatic heterocycles. The summed E-state index contributed by atoms with van der Waals surface area (Å²) in [6, 6.07) is 17.3. The first-order chi connectivity index (χ1) is 23.7. The summed E-state index contributed by atoms with van der Waals surface area (Å²) in [4.78, 5) is 29.6. The van der Waals surface area contributed by atoms with E-state index in [0.717, 1.165) is 39.8 Å². The predicted molar refractivity (Wildman–Crippen MR) is 192 cm³/mol. The number of aromatic nitrogens is 4. The fourth-order valence-corrected chi connectivity index (χ4v) is 6.65. The van der Waals surface area contributed by atoms with Crippen molar-refractivity contribution in [2.45, 2.75) is 45.0 Å². The Balaban J connectivity index is 1.27. The second-order valence-corrected chi connectivity index (χ2v) is 12.9. The Hall–Kier alpha value is -4.26. The van der Waals surface area contributed by atoms with Gasteiger partial charge >= 0.3 is 0 Å². The summed E-state index contributed by atoms with van der Waals surface area (Å²) in [5.74, 6) is 1.18. The molecular formula is C36H39Cl2N7O4. The Morgan fingerprint density at radius 2 is 1.69 bits per heavy atom. The molecule has 11 nitrogen and oxygen atoms in total. The zero-order valence-electron chi connectivity index (χ0n) is 27.8. The smallest absolute Gasteiger partial charge is 0.277 e. The molecule has 1 aliphatic heterocycles. The molecule has 4 heterocycles. The molecule has 0 aliphatic carbocycles. The number of hydrogen-bond donors (Lipinski definition) is 3. The predicted octanol–water partition coefficient (Wildman–Crippen LogP) is 5.24. The summed E-state index contributed by atoms with van der Waals surface area (Å²) in [5.41, 5.74) is 5.56. The Morgan fingerprint density at radius 1 is 0.980 bits per heavy atom. The van der Waals surface area contributed by atoms with Crippen molar-refractivity contribution in [3.63, 3.8) is 0 Å². The quantitative estimate of drug-likeness (QED) is 0.152. The first-order valence-electron chi connectivity index (χ1n) is 16.1. The number of nitrogens with one attached hydrogen (secondary N) is 3. The van der Waals surface area contributed by atoms with Gasteiger partial charge in [0.25, 0.3) is 5.56 Å². The lowest BCUT2D eigenvalue weighted by atomic mass is 9.97. The molecule has 0 bridgehead atoms. The van der Waals surface area contributed by atoms with E-state index in [-0.39, 0.29) is 23.6 Å². The van der Waals surface area contributed by atoms with Gasteiger partial charge in [0, 0.05) is 85.8 Å². The number of benzene rings is 2. The van der Waals surface area contributed by atoms with Gasteiger partial charge < -0.3 is 25.4 Å². The lowest BCUT2D eigenvalue weighted by molar-refractivity contribution is -0.119. The molecule has 1 aliphatic rings. The number of methoxy groups -OCH3 is 2. The van der Waals surface area contributed by atoms with E-state index < -0.39 is 0 Å². The number of nitrogens with zero attached hydrogens (tertiary/aromatic N) is 4. The van der Waals surface area contributed by atoms with Crippen LogP contribution in [0.4, 0.5) is 0 Å². The van der Waals surface area contributed by atoms with Crippen LogP contribution in [0.25, 0.3) is 39.0 Å². The van der Waals surface area contributed by atoms with Gasteiger partial charge in [-0.15, -0.1) is 0 Å². The van der Waals surface area contributed by atoms with Crippen LogP contribution in [0.5, 0.6) is 5.88 Å². The van der Waals surface area contributed by atoms with Crippen LogP contribution >= 0.6 is 23.2 Å². The van der Waals surface area contributed by atoms with Gasteiger partial charge in [0.1, 0.15) is 11.3 Å². The summed E-state index contributed by atoms with van der Waals surface area (Å²) < 4.78 is 14.1. The highest BCUT2D eigenvalue weighted by Crippen LogP contribution is 2.42. The van der Waals surface area contributed by atoms with Crippen LogP contribution in [-0.4, -0.2) is 64.5 Å². The Labute approximate surface area is 294 Å². The molecule has 49 heavy (non-hydrogen) atoms. The molecule has 5 aromatic rings. The highest BCUT2D eigenvalue weighted by molar-refractivity contribution is 6.39. The molecular weight excluding hydrogens is 665 g/mol. The van der Waals surface area contributed by atoms with E-state index in [9.17, 15) is 9.59 Å². The molecule has 1 saturated heterocycles. The van der Waals surface area contributed by atoms with Crippen molar-refractivity contribution in [3.8, 4) is 39.4 Å². The third-order valence-corrected chi connectivity index (χ3v) is 9.66. The highest BCUT2D eigenvalue weighted by Gasteiger charge is 2.21. The van der Waals surface area contributed by atoms with E-state index >= 15 is 0 Å². The number of carbonyl (C=O) groups is 1. The van der Waals surface area contributed by atoms with E-state index in [0.29, 0.717) is 65.6 Å². The topological polar surface area (TPSA) is 124 Å². The molecule has 6 rings (SSSR count). The average molecular weight is 705 g/mol. The molecule has 2 aromatic carbocycles. The summed E-state index contributed by atoms with van der Waals surface area (Å²) in [7, 11) is 4.97. The molecule has 1 amide bonds. The number of carbonyl (C=O) groups excluding carboxylic acids is 1. The zero-order valence-corrected chi connectivity index (χ0v) is 29.4. The first-order valence-corrected chi connectivity index (χ1v) is 16.9. The monoisotopic (exact) mass is 703 g/mol. The molecule has 0 spiro atoms. The van der Waals surface area contributed by atoms with E-state index in [1.54, 1.807) is 36.4 Å². The average Bonchev–Trinajstić information content (AvgIpc) is 3.73. The van der Waals surface area contributed by atoms with Crippen molar-refractivity contribution in [3.05, 3.63) is 92.6 Å². The molecule has 2 atom stereocenters. The van der Waals surface area contributed by atoms with E-state index in [2.05, 4.69) is 16.0 Å². The minimum Gasteiger partial charge on any atom is -0.481 e. The maximum atomic E-state index is 13.3. The van der Waals surface area contributed by atoms with Crippen LogP contribution < -0.4 is 26.2 Å². The largest absolute Gasteiger partial charge is 0.481 e. The molecule has 2 unspecified atom stereocenters. The number of halogens is 2. The van der Waals surface area contributed by atoms with Crippen LogP contribution in [0.15, 0.2) is 65.6 Å². The molecule has 3 N–H and O–H groups in total. The first kappa shape index (κ1) is 34.6. The second kappa shape index (κ2) is 15.1. The number of amides is 1. The maximum absolute atomic E-state index is 13.3. The van der Waals surface area contributed by atoms with Gasteiger partial charge in [-0.05, 0) is 25.5 Å². The third-order valence-electron chi connectivity index (χ3n) is 8.85. The van der Waals surface area contributed by atoms with Crippen LogP contribution in [-0.2, 0) is 29.7 Å². The third kappa shape index (κ3) is 7.36. The van der Waals surface area contributed by atoms with Crippen molar-refractivity contribution >= 4 is 34.6 Å². The Kier molecular flexibility index (Phi) is 10.7. The highest BCUT2D eigenvalue weighted by atomic mass is 35.5. The van der Waals surface area contributed by atoms with Crippen LogP contribution in [0.2, 0.25) is 10.0 Å². The molecule has 1 fully saturated rings. The van der Waals surface area contributed by atoms with Gasteiger partial charge in [-0.25, -0.2) is 9.50 Å². The lowest BCUT2D eigenvalue weighted by Crippen LogP contribution is -2.35. The van der Waals surface area contributed by atoms with Gasteiger partial charge in [-0.1, -0.05) is 65.7 Å². The molecule has 256 valence electrons. The van der Waals surface area contributed by atoms with Crippen LogP contribution in [0.3, 0.4) is 0 Å². The van der Waals surface area contributed by atoms with Crippen molar-refractivity contribution < 1.29 is 14.3 Å². The number of rotatable bonds is 13. The van der Waals surface area contributed by atoms with Crippen molar-refractivity contribution in [2.75, 3.05) is 27.3 Å². The maximum Gasteiger partial charge on any atom is 0.277 e.